The highest BCUT2D eigenvalue weighted by Gasteiger charge is 2.19. The Morgan fingerprint density at radius 3 is 1.81 bits per heavy atom. The van der Waals surface area contributed by atoms with Gasteiger partial charge in [-0.2, -0.15) is 0 Å². The first-order valence-electron chi connectivity index (χ1n) is 10.7. The van der Waals surface area contributed by atoms with Crippen molar-refractivity contribution in [3.8, 4) is 23.0 Å². The van der Waals surface area contributed by atoms with E-state index >= 15 is 0 Å². The van der Waals surface area contributed by atoms with Crippen molar-refractivity contribution < 1.29 is 24.4 Å². The van der Waals surface area contributed by atoms with E-state index in [-0.39, 0.29) is 11.5 Å². The third-order valence-corrected chi connectivity index (χ3v) is 5.66. The summed E-state index contributed by atoms with van der Waals surface area (Å²) in [5.41, 5.74) is 3.66. The van der Waals surface area contributed by atoms with Gasteiger partial charge in [-0.05, 0) is 37.1 Å². The van der Waals surface area contributed by atoms with Gasteiger partial charge in [-0.25, -0.2) is 0 Å². The molecule has 1 aliphatic rings. The molecule has 0 spiro atoms. The number of nitrogens with zero attached hydrogens (tertiary/aromatic N) is 2. The fourth-order valence-corrected chi connectivity index (χ4v) is 3.99. The van der Waals surface area contributed by atoms with Crippen molar-refractivity contribution in [1.82, 2.24) is 9.80 Å². The lowest BCUT2D eigenvalue weighted by molar-refractivity contribution is 0.0324. The van der Waals surface area contributed by atoms with Gasteiger partial charge in [0.2, 0.25) is 0 Å². The highest BCUT2D eigenvalue weighted by molar-refractivity contribution is 5.49. The molecule has 1 aliphatic heterocycles. The predicted molar refractivity (Wildman–Crippen MR) is 120 cm³/mol. The van der Waals surface area contributed by atoms with Crippen LogP contribution in [0.5, 0.6) is 23.0 Å². The van der Waals surface area contributed by atoms with Gasteiger partial charge in [0.25, 0.3) is 0 Å². The number of phenols is 2. The maximum absolute atomic E-state index is 10.7. The van der Waals surface area contributed by atoms with Crippen molar-refractivity contribution in [3.05, 3.63) is 46.5 Å². The van der Waals surface area contributed by atoms with Crippen molar-refractivity contribution in [1.29, 1.82) is 0 Å². The Morgan fingerprint density at radius 2 is 1.35 bits per heavy atom. The molecule has 1 fully saturated rings. The zero-order valence-electron chi connectivity index (χ0n) is 19.0. The fraction of sp³-hybridized carbons (Fsp3) is 0.500. The van der Waals surface area contributed by atoms with E-state index in [1.807, 2.05) is 38.1 Å². The highest BCUT2D eigenvalue weighted by atomic mass is 16.5. The molecule has 1 heterocycles. The Morgan fingerprint density at radius 1 is 0.871 bits per heavy atom. The van der Waals surface area contributed by atoms with E-state index in [9.17, 15) is 10.2 Å². The second-order valence-corrected chi connectivity index (χ2v) is 8.11. The van der Waals surface area contributed by atoms with Gasteiger partial charge in [0.15, 0.2) is 23.0 Å². The van der Waals surface area contributed by atoms with Crippen LogP contribution in [0.1, 0.15) is 22.3 Å². The summed E-state index contributed by atoms with van der Waals surface area (Å²) < 4.78 is 16.1. The largest absolute Gasteiger partial charge is 0.504 e. The van der Waals surface area contributed by atoms with Gasteiger partial charge >= 0.3 is 0 Å². The zero-order chi connectivity index (χ0) is 22.4. The van der Waals surface area contributed by atoms with Crippen molar-refractivity contribution >= 4 is 0 Å². The van der Waals surface area contributed by atoms with E-state index in [4.69, 9.17) is 14.2 Å². The predicted octanol–water partition coefficient (Wildman–Crippen LogP) is 3.07. The Labute approximate surface area is 184 Å². The van der Waals surface area contributed by atoms with Crippen molar-refractivity contribution in [2.45, 2.75) is 26.9 Å². The molecule has 2 aromatic rings. The van der Waals surface area contributed by atoms with Crippen molar-refractivity contribution in [2.24, 2.45) is 0 Å². The van der Waals surface area contributed by atoms with E-state index in [2.05, 4.69) is 9.80 Å². The molecule has 31 heavy (non-hydrogen) atoms. The van der Waals surface area contributed by atoms with Crippen LogP contribution >= 0.6 is 0 Å². The Bertz CT molecular complexity index is 819. The quantitative estimate of drug-likeness (QED) is 0.633. The monoisotopic (exact) mass is 430 g/mol. The number of morpholine rings is 1. The molecule has 0 aliphatic carbocycles. The minimum Gasteiger partial charge on any atom is -0.504 e. The molecular weight excluding hydrogens is 396 g/mol. The topological polar surface area (TPSA) is 74.6 Å². The summed E-state index contributed by atoms with van der Waals surface area (Å²) in [7, 11) is 3.12. The van der Waals surface area contributed by atoms with Gasteiger partial charge in [-0.15, -0.1) is 0 Å². The molecule has 0 radical (unpaired) electrons. The second kappa shape index (κ2) is 10.7. The molecule has 7 heteroatoms. The molecule has 1 saturated heterocycles. The van der Waals surface area contributed by atoms with Crippen LogP contribution in [0.3, 0.4) is 0 Å². The number of hydrogen-bond donors (Lipinski definition) is 2. The van der Waals surface area contributed by atoms with E-state index < -0.39 is 0 Å². The van der Waals surface area contributed by atoms with Gasteiger partial charge in [-0.3, -0.25) is 9.80 Å². The standard InChI is InChI=1S/C24H34N2O5/c1-17-11-19(23(27)21(13-17)29-3)15-26(6-5-25-7-9-31-10-8-25)16-20-12-18(2)14-22(30-4)24(20)28/h11-14,27-28H,5-10,15-16H2,1-4H3. The fourth-order valence-electron chi connectivity index (χ4n) is 3.99. The third-order valence-electron chi connectivity index (χ3n) is 5.66. The molecular formula is C24H34N2O5. The molecule has 7 nitrogen and oxygen atoms in total. The van der Waals surface area contributed by atoms with E-state index in [0.717, 1.165) is 61.6 Å². The minimum absolute atomic E-state index is 0.163. The summed E-state index contributed by atoms with van der Waals surface area (Å²) in [4.78, 5) is 4.61. The second-order valence-electron chi connectivity index (χ2n) is 8.11. The molecule has 2 aromatic carbocycles. The summed E-state index contributed by atoms with van der Waals surface area (Å²) in [6.45, 7) is 10.1. The zero-order valence-corrected chi connectivity index (χ0v) is 19.0. The summed E-state index contributed by atoms with van der Waals surface area (Å²) in [5, 5.41) is 21.4. The number of phenolic OH excluding ortho intramolecular Hbond substituents is 2. The van der Waals surface area contributed by atoms with Gasteiger partial charge in [0.1, 0.15) is 0 Å². The maximum Gasteiger partial charge on any atom is 0.162 e. The van der Waals surface area contributed by atoms with Crippen LogP contribution in [-0.4, -0.2) is 73.6 Å². The summed E-state index contributed by atoms with van der Waals surface area (Å²) >= 11 is 0. The third kappa shape index (κ3) is 6.03. The number of benzene rings is 2. The molecule has 0 unspecified atom stereocenters. The molecule has 0 aromatic heterocycles. The molecule has 0 amide bonds. The molecule has 0 atom stereocenters. The van der Waals surface area contributed by atoms with Gasteiger partial charge in [-0.1, -0.05) is 12.1 Å². The maximum atomic E-state index is 10.7. The Kier molecular flexibility index (Phi) is 8.01. The Hall–Kier alpha value is -2.48. The van der Waals surface area contributed by atoms with Crippen LogP contribution in [0, 0.1) is 13.8 Å². The summed E-state index contributed by atoms with van der Waals surface area (Å²) in [6.07, 6.45) is 0. The van der Waals surface area contributed by atoms with Crippen LogP contribution in [0.25, 0.3) is 0 Å². The van der Waals surface area contributed by atoms with E-state index in [0.29, 0.717) is 24.6 Å². The molecule has 3 rings (SSSR count). The minimum atomic E-state index is 0.163. The van der Waals surface area contributed by atoms with Crippen LogP contribution in [0.4, 0.5) is 0 Å². The van der Waals surface area contributed by atoms with Crippen LogP contribution in [-0.2, 0) is 17.8 Å². The SMILES string of the molecule is COc1cc(C)cc(CN(CCN2CCOCC2)Cc2cc(C)cc(OC)c2O)c1O. The molecule has 0 saturated carbocycles. The smallest absolute Gasteiger partial charge is 0.162 e. The van der Waals surface area contributed by atoms with Gasteiger partial charge < -0.3 is 24.4 Å². The number of aryl methyl sites for hydroxylation is 2. The van der Waals surface area contributed by atoms with E-state index in [1.54, 1.807) is 14.2 Å². The number of ether oxygens (including phenoxy) is 3. The number of rotatable bonds is 9. The van der Waals surface area contributed by atoms with Crippen LogP contribution in [0.15, 0.2) is 24.3 Å². The lowest BCUT2D eigenvalue weighted by atomic mass is 10.1. The van der Waals surface area contributed by atoms with Crippen molar-refractivity contribution in [2.75, 3.05) is 53.6 Å². The summed E-state index contributed by atoms with van der Waals surface area (Å²) in [5.74, 6) is 1.28. The van der Waals surface area contributed by atoms with Crippen LogP contribution < -0.4 is 9.47 Å². The summed E-state index contributed by atoms with van der Waals surface area (Å²) in [6, 6.07) is 7.62. The number of hydrogen-bond acceptors (Lipinski definition) is 7. The lowest BCUT2D eigenvalue weighted by Crippen LogP contribution is -2.41. The Balaban J connectivity index is 1.84. The number of aromatic hydroxyl groups is 2. The molecule has 2 N–H and O–H groups in total. The van der Waals surface area contributed by atoms with Gasteiger partial charge in [0, 0.05) is 50.4 Å². The first kappa shape index (κ1) is 23.2. The van der Waals surface area contributed by atoms with Crippen molar-refractivity contribution in [3.63, 3.8) is 0 Å². The lowest BCUT2D eigenvalue weighted by Gasteiger charge is -2.30. The average Bonchev–Trinajstić information content (AvgIpc) is 2.77. The van der Waals surface area contributed by atoms with Gasteiger partial charge in [0.05, 0.1) is 27.4 Å². The number of methoxy groups -OCH3 is 2. The van der Waals surface area contributed by atoms with Crippen LogP contribution in [0.2, 0.25) is 0 Å². The normalized spacial score (nSPS) is 14.7. The highest BCUT2D eigenvalue weighted by Crippen LogP contribution is 2.35. The first-order valence-corrected chi connectivity index (χ1v) is 10.7. The molecule has 0 bridgehead atoms. The van der Waals surface area contributed by atoms with E-state index in [1.165, 1.54) is 0 Å². The molecule has 170 valence electrons. The average molecular weight is 431 g/mol. The first-order chi connectivity index (χ1) is 14.9.